The Labute approximate surface area is 96.8 Å². The zero-order valence-electron chi connectivity index (χ0n) is 9.79. The molecule has 16 heavy (non-hydrogen) atoms. The molecule has 1 aromatic rings. The summed E-state index contributed by atoms with van der Waals surface area (Å²) in [5.74, 6) is 0.732. The van der Waals surface area contributed by atoms with Gasteiger partial charge in [0.05, 0.1) is 0 Å². The maximum absolute atomic E-state index is 8.20. The predicted molar refractivity (Wildman–Crippen MR) is 65.6 cm³/mol. The molecule has 0 radical (unpaired) electrons. The molecule has 84 valence electrons. The molecule has 0 atom stereocenters. The molecule has 0 saturated heterocycles. The molecule has 1 fully saturated rings. The molecule has 1 aromatic carbocycles. The van der Waals surface area contributed by atoms with Crippen LogP contribution in [0.3, 0.4) is 0 Å². The Kier molecular flexibility index (Phi) is 2.06. The van der Waals surface area contributed by atoms with Crippen LogP contribution in [0.5, 0.6) is 0 Å². The lowest BCUT2D eigenvalue weighted by Gasteiger charge is -2.23. The van der Waals surface area contributed by atoms with E-state index >= 15 is 0 Å². The number of hydrogen-bond acceptors (Lipinski definition) is 1. The van der Waals surface area contributed by atoms with E-state index in [1.165, 1.54) is 24.8 Å². The van der Waals surface area contributed by atoms with E-state index in [2.05, 4.69) is 30.0 Å². The summed E-state index contributed by atoms with van der Waals surface area (Å²) >= 11 is 0. The predicted octanol–water partition coefficient (Wildman–Crippen LogP) is 3.02. The number of hydrogen-bond donors (Lipinski definition) is 1. The smallest absolute Gasteiger partial charge is 0.128 e. The van der Waals surface area contributed by atoms with Gasteiger partial charge in [-0.3, -0.25) is 5.41 Å². The standard InChI is InChI=1S/C14H18N2/c1-2-14(7-8-14)10-16-9-11-5-3-4-6-12(11)13(16)15/h3-6,15H,2,7-10H2,1H3. The molecule has 0 spiro atoms. The highest BCUT2D eigenvalue weighted by molar-refractivity contribution is 6.00. The van der Waals surface area contributed by atoms with Crippen molar-refractivity contribution in [1.29, 1.82) is 5.41 Å². The summed E-state index contributed by atoms with van der Waals surface area (Å²) in [7, 11) is 0. The van der Waals surface area contributed by atoms with Crippen LogP contribution in [0.1, 0.15) is 37.3 Å². The van der Waals surface area contributed by atoms with Crippen LogP contribution in [0, 0.1) is 10.8 Å². The van der Waals surface area contributed by atoms with Gasteiger partial charge in [0.1, 0.15) is 5.84 Å². The molecule has 3 rings (SSSR count). The van der Waals surface area contributed by atoms with E-state index in [0.717, 1.165) is 24.5 Å². The highest BCUT2D eigenvalue weighted by Gasteiger charge is 2.43. The van der Waals surface area contributed by atoms with E-state index in [-0.39, 0.29) is 0 Å². The Morgan fingerprint density at radius 2 is 2.06 bits per heavy atom. The van der Waals surface area contributed by atoms with E-state index in [4.69, 9.17) is 5.41 Å². The first-order valence-electron chi connectivity index (χ1n) is 6.16. The number of nitrogens with one attached hydrogen (secondary N) is 1. The fourth-order valence-electron chi connectivity index (χ4n) is 2.68. The van der Waals surface area contributed by atoms with Gasteiger partial charge in [0, 0.05) is 18.7 Å². The minimum Gasteiger partial charge on any atom is -0.352 e. The topological polar surface area (TPSA) is 27.1 Å². The van der Waals surface area contributed by atoms with Gasteiger partial charge in [0.2, 0.25) is 0 Å². The van der Waals surface area contributed by atoms with Crippen molar-refractivity contribution in [3.05, 3.63) is 35.4 Å². The van der Waals surface area contributed by atoms with Crippen LogP contribution in [-0.2, 0) is 6.54 Å². The van der Waals surface area contributed by atoms with Crippen molar-refractivity contribution in [3.8, 4) is 0 Å². The second-order valence-corrected chi connectivity index (χ2v) is 5.22. The fourth-order valence-corrected chi connectivity index (χ4v) is 2.68. The first-order chi connectivity index (χ1) is 7.74. The quantitative estimate of drug-likeness (QED) is 0.822. The molecule has 0 unspecified atom stereocenters. The summed E-state index contributed by atoms with van der Waals surface area (Å²) < 4.78 is 0. The van der Waals surface area contributed by atoms with Crippen LogP contribution in [0.25, 0.3) is 0 Å². The Morgan fingerprint density at radius 3 is 2.69 bits per heavy atom. The van der Waals surface area contributed by atoms with E-state index in [1.54, 1.807) is 0 Å². The van der Waals surface area contributed by atoms with Crippen LogP contribution in [0.4, 0.5) is 0 Å². The van der Waals surface area contributed by atoms with Crippen molar-refractivity contribution in [2.75, 3.05) is 6.54 Å². The van der Waals surface area contributed by atoms with Gasteiger partial charge in [-0.15, -0.1) is 0 Å². The molecule has 2 nitrogen and oxygen atoms in total. The first-order valence-corrected chi connectivity index (χ1v) is 6.16. The van der Waals surface area contributed by atoms with Gasteiger partial charge < -0.3 is 4.90 Å². The van der Waals surface area contributed by atoms with Gasteiger partial charge in [0.25, 0.3) is 0 Å². The second kappa shape index (κ2) is 3.34. The molecule has 0 bridgehead atoms. The Balaban J connectivity index is 1.80. The van der Waals surface area contributed by atoms with Crippen molar-refractivity contribution >= 4 is 5.84 Å². The molecule has 2 heteroatoms. The zero-order chi connectivity index (χ0) is 11.2. The summed E-state index contributed by atoms with van der Waals surface area (Å²) in [5.41, 5.74) is 2.99. The molecule has 2 aliphatic rings. The van der Waals surface area contributed by atoms with Gasteiger partial charge in [-0.05, 0) is 30.2 Å². The third-order valence-corrected chi connectivity index (χ3v) is 4.18. The van der Waals surface area contributed by atoms with Crippen LogP contribution in [0.2, 0.25) is 0 Å². The summed E-state index contributed by atoms with van der Waals surface area (Å²) in [5, 5.41) is 8.20. The Bertz CT molecular complexity index is 432. The van der Waals surface area contributed by atoms with Crippen molar-refractivity contribution in [2.24, 2.45) is 5.41 Å². The van der Waals surface area contributed by atoms with Gasteiger partial charge in [-0.1, -0.05) is 31.2 Å². The van der Waals surface area contributed by atoms with E-state index in [9.17, 15) is 0 Å². The highest BCUT2D eigenvalue weighted by atomic mass is 15.2. The molecule has 1 N–H and O–H groups in total. The molecule has 1 aliphatic heterocycles. The minimum atomic E-state index is 0.536. The summed E-state index contributed by atoms with van der Waals surface area (Å²) in [4.78, 5) is 2.25. The SMILES string of the molecule is CCC1(CN2Cc3ccccc3C2=N)CC1. The van der Waals surface area contributed by atoms with Crippen molar-refractivity contribution < 1.29 is 0 Å². The monoisotopic (exact) mass is 214 g/mol. The Hall–Kier alpha value is -1.31. The maximum Gasteiger partial charge on any atom is 0.128 e. The fraction of sp³-hybridized carbons (Fsp3) is 0.500. The Morgan fingerprint density at radius 1 is 1.31 bits per heavy atom. The highest BCUT2D eigenvalue weighted by Crippen LogP contribution is 2.49. The van der Waals surface area contributed by atoms with Crippen LogP contribution in [-0.4, -0.2) is 17.3 Å². The van der Waals surface area contributed by atoms with E-state index < -0.39 is 0 Å². The first kappa shape index (κ1) is 9.88. The molecular weight excluding hydrogens is 196 g/mol. The number of nitrogens with zero attached hydrogens (tertiary/aromatic N) is 1. The van der Waals surface area contributed by atoms with Crippen molar-refractivity contribution in [3.63, 3.8) is 0 Å². The lowest BCUT2D eigenvalue weighted by atomic mass is 10.0. The molecule has 1 saturated carbocycles. The molecule has 0 aromatic heterocycles. The molecule has 1 aliphatic carbocycles. The van der Waals surface area contributed by atoms with Crippen molar-refractivity contribution in [1.82, 2.24) is 4.90 Å². The minimum absolute atomic E-state index is 0.536. The van der Waals surface area contributed by atoms with Gasteiger partial charge in [0.15, 0.2) is 0 Å². The normalized spacial score (nSPS) is 21.1. The zero-order valence-corrected chi connectivity index (χ0v) is 9.79. The van der Waals surface area contributed by atoms with Crippen LogP contribution >= 0.6 is 0 Å². The summed E-state index contributed by atoms with van der Waals surface area (Å²) in [6.45, 7) is 4.30. The third-order valence-electron chi connectivity index (χ3n) is 4.18. The summed E-state index contributed by atoms with van der Waals surface area (Å²) in [6, 6.07) is 8.32. The van der Waals surface area contributed by atoms with E-state index in [0.29, 0.717) is 5.41 Å². The number of amidine groups is 1. The molecule has 0 amide bonds. The van der Waals surface area contributed by atoms with Crippen LogP contribution in [0.15, 0.2) is 24.3 Å². The average molecular weight is 214 g/mol. The van der Waals surface area contributed by atoms with Crippen molar-refractivity contribution in [2.45, 2.75) is 32.7 Å². The average Bonchev–Trinajstić information content (AvgIpc) is 3.02. The largest absolute Gasteiger partial charge is 0.352 e. The second-order valence-electron chi connectivity index (χ2n) is 5.22. The number of benzene rings is 1. The molecular formula is C14H18N2. The van der Waals surface area contributed by atoms with E-state index in [1.807, 2.05) is 6.07 Å². The van der Waals surface area contributed by atoms with Gasteiger partial charge in [-0.2, -0.15) is 0 Å². The van der Waals surface area contributed by atoms with Crippen LogP contribution < -0.4 is 0 Å². The van der Waals surface area contributed by atoms with Gasteiger partial charge in [-0.25, -0.2) is 0 Å². The molecule has 1 heterocycles. The maximum atomic E-state index is 8.20. The van der Waals surface area contributed by atoms with Gasteiger partial charge >= 0.3 is 0 Å². The lowest BCUT2D eigenvalue weighted by Crippen LogP contribution is -2.30. The number of fused-ring (bicyclic) bond motifs is 1. The lowest BCUT2D eigenvalue weighted by molar-refractivity contribution is 0.317. The number of rotatable bonds is 3. The third kappa shape index (κ3) is 1.44. The summed E-state index contributed by atoms with van der Waals surface area (Å²) in [6.07, 6.45) is 3.96.